The van der Waals surface area contributed by atoms with E-state index in [0.717, 1.165) is 11.0 Å². The van der Waals surface area contributed by atoms with Crippen LogP contribution in [0.3, 0.4) is 0 Å². The fourth-order valence-electron chi connectivity index (χ4n) is 2.38. The molecule has 1 unspecified atom stereocenters. The smallest absolute Gasteiger partial charge is 0.329 e. The number of nitrogens with zero attached hydrogens (tertiary/aromatic N) is 2. The Hall–Kier alpha value is -1.79. The van der Waals surface area contributed by atoms with E-state index < -0.39 is 11.7 Å². The van der Waals surface area contributed by atoms with E-state index in [2.05, 4.69) is 0 Å². The second kappa shape index (κ2) is 5.54. The lowest BCUT2D eigenvalue weighted by molar-refractivity contribution is 0.0661. The number of rotatable bonds is 5. The third kappa shape index (κ3) is 3.46. The molecule has 6 heteroatoms. The van der Waals surface area contributed by atoms with E-state index in [1.165, 1.54) is 0 Å². The molecule has 21 heavy (non-hydrogen) atoms. The van der Waals surface area contributed by atoms with Crippen molar-refractivity contribution in [2.24, 2.45) is 0 Å². The molecule has 0 aliphatic heterocycles. The molecule has 1 atom stereocenters. The van der Waals surface area contributed by atoms with Gasteiger partial charge in [0.2, 0.25) is 0 Å². The number of nitrogens with two attached hydrogens (primary N) is 1. The van der Waals surface area contributed by atoms with Crippen LogP contribution in [0.4, 0.5) is 5.69 Å². The second-order valence-electron chi connectivity index (χ2n) is 6.20. The number of aliphatic hydroxyl groups is 2. The van der Waals surface area contributed by atoms with Gasteiger partial charge in [-0.2, -0.15) is 0 Å². The molecule has 2 rings (SSSR count). The Morgan fingerprint density at radius 1 is 1.29 bits per heavy atom. The van der Waals surface area contributed by atoms with Crippen LogP contribution in [0.25, 0.3) is 11.0 Å². The third-order valence-electron chi connectivity index (χ3n) is 3.44. The lowest BCUT2D eigenvalue weighted by Gasteiger charge is -2.16. The molecule has 1 aromatic heterocycles. The predicted octanol–water partition coefficient (Wildman–Crippen LogP) is 0.927. The van der Waals surface area contributed by atoms with Crippen LogP contribution in [0, 0.1) is 0 Å². The first-order chi connectivity index (χ1) is 9.69. The largest absolute Gasteiger partial charge is 0.399 e. The minimum Gasteiger partial charge on any atom is -0.399 e. The van der Waals surface area contributed by atoms with Gasteiger partial charge in [-0.15, -0.1) is 0 Å². The molecule has 0 amide bonds. The van der Waals surface area contributed by atoms with Crippen molar-refractivity contribution in [1.82, 2.24) is 9.13 Å². The van der Waals surface area contributed by atoms with Crippen LogP contribution in [0.5, 0.6) is 0 Å². The summed E-state index contributed by atoms with van der Waals surface area (Å²) < 4.78 is 3.15. The van der Waals surface area contributed by atoms with Gasteiger partial charge in [-0.3, -0.25) is 9.13 Å². The molecule has 0 spiro atoms. The highest BCUT2D eigenvalue weighted by molar-refractivity contribution is 5.79. The third-order valence-corrected chi connectivity index (χ3v) is 3.44. The van der Waals surface area contributed by atoms with Crippen LogP contribution < -0.4 is 11.4 Å². The summed E-state index contributed by atoms with van der Waals surface area (Å²) in [4.78, 5) is 12.5. The Bertz CT molecular complexity index is 692. The zero-order valence-electron chi connectivity index (χ0n) is 12.7. The van der Waals surface area contributed by atoms with Crippen molar-refractivity contribution in [3.63, 3.8) is 0 Å². The molecule has 0 radical (unpaired) electrons. The van der Waals surface area contributed by atoms with Crippen molar-refractivity contribution in [2.45, 2.75) is 52.0 Å². The summed E-state index contributed by atoms with van der Waals surface area (Å²) in [6, 6.07) is 5.27. The van der Waals surface area contributed by atoms with E-state index in [4.69, 9.17) is 5.73 Å². The molecule has 6 nitrogen and oxygen atoms in total. The maximum absolute atomic E-state index is 12.5. The number of aryl methyl sites for hydroxylation is 1. The summed E-state index contributed by atoms with van der Waals surface area (Å²) in [5, 5.41) is 19.4. The van der Waals surface area contributed by atoms with Gasteiger partial charge in [-0.25, -0.2) is 4.79 Å². The Balaban J connectivity index is 2.55. The van der Waals surface area contributed by atoms with Gasteiger partial charge in [0.05, 0.1) is 29.3 Å². The average molecular weight is 293 g/mol. The quantitative estimate of drug-likeness (QED) is 0.715. The van der Waals surface area contributed by atoms with E-state index in [1.54, 1.807) is 48.1 Å². The van der Waals surface area contributed by atoms with Crippen molar-refractivity contribution in [2.75, 3.05) is 5.73 Å². The maximum Gasteiger partial charge on any atom is 0.329 e. The van der Waals surface area contributed by atoms with Crippen molar-refractivity contribution < 1.29 is 10.2 Å². The van der Waals surface area contributed by atoms with Gasteiger partial charge in [0, 0.05) is 12.2 Å². The summed E-state index contributed by atoms with van der Waals surface area (Å²) in [6.07, 6.45) is -0.163. The number of aromatic nitrogens is 2. The summed E-state index contributed by atoms with van der Waals surface area (Å²) in [7, 11) is 0. The van der Waals surface area contributed by atoms with Crippen molar-refractivity contribution in [1.29, 1.82) is 0 Å². The molecule has 4 N–H and O–H groups in total. The Morgan fingerprint density at radius 3 is 2.52 bits per heavy atom. The fourth-order valence-corrected chi connectivity index (χ4v) is 2.38. The van der Waals surface area contributed by atoms with Crippen LogP contribution in [-0.2, 0) is 13.1 Å². The normalized spacial score (nSPS) is 13.8. The van der Waals surface area contributed by atoms with E-state index >= 15 is 0 Å². The van der Waals surface area contributed by atoms with Crippen LogP contribution in [0.2, 0.25) is 0 Å². The van der Waals surface area contributed by atoms with E-state index in [9.17, 15) is 15.0 Å². The fraction of sp³-hybridized carbons (Fsp3) is 0.533. The van der Waals surface area contributed by atoms with Gasteiger partial charge in [-0.05, 0) is 45.4 Å². The lowest BCUT2D eigenvalue weighted by Crippen LogP contribution is -2.30. The molecule has 1 heterocycles. The number of fused-ring (bicyclic) bond motifs is 1. The number of aliphatic hydroxyl groups excluding tert-OH is 1. The summed E-state index contributed by atoms with van der Waals surface area (Å²) in [5.74, 6) is 0. The zero-order valence-corrected chi connectivity index (χ0v) is 12.7. The van der Waals surface area contributed by atoms with Crippen LogP contribution >= 0.6 is 0 Å². The topological polar surface area (TPSA) is 93.4 Å². The van der Waals surface area contributed by atoms with Crippen LogP contribution in [-0.4, -0.2) is 31.1 Å². The van der Waals surface area contributed by atoms with Crippen molar-refractivity contribution in [3.8, 4) is 0 Å². The molecule has 2 aromatic rings. The highest BCUT2D eigenvalue weighted by atomic mass is 16.3. The average Bonchev–Trinajstić information content (AvgIpc) is 2.58. The van der Waals surface area contributed by atoms with Gasteiger partial charge < -0.3 is 15.9 Å². The first-order valence-electron chi connectivity index (χ1n) is 7.08. The molecule has 0 saturated heterocycles. The highest BCUT2D eigenvalue weighted by Gasteiger charge is 2.18. The first kappa shape index (κ1) is 15.6. The molecule has 0 fully saturated rings. The molecular formula is C15H23N3O3. The zero-order chi connectivity index (χ0) is 15.8. The summed E-state index contributed by atoms with van der Waals surface area (Å²) in [5.41, 5.74) is 6.82. The number of nitrogen functional groups attached to an aromatic ring is 1. The molecule has 1 aromatic carbocycles. The predicted molar refractivity (Wildman–Crippen MR) is 83.2 cm³/mol. The summed E-state index contributed by atoms with van der Waals surface area (Å²) in [6.45, 7) is 5.69. The standard InChI is InChI=1S/C15H23N3O3/c1-10(19)9-18-12-5-4-11(16)8-13(12)17(14(18)20)7-6-15(2,3)21/h4-5,8,10,19,21H,6-7,9,16H2,1-3H3. The molecule has 0 bridgehead atoms. The SMILES string of the molecule is CC(O)Cn1c(=O)n(CCC(C)(C)O)c2cc(N)ccc21. The number of hydrogen-bond donors (Lipinski definition) is 3. The Morgan fingerprint density at radius 2 is 1.95 bits per heavy atom. The molecule has 0 aliphatic carbocycles. The van der Waals surface area contributed by atoms with Crippen LogP contribution in [0.1, 0.15) is 27.2 Å². The van der Waals surface area contributed by atoms with Crippen molar-refractivity contribution in [3.05, 3.63) is 28.7 Å². The minimum atomic E-state index is -0.849. The van der Waals surface area contributed by atoms with Gasteiger partial charge in [-0.1, -0.05) is 0 Å². The molecule has 0 aliphatic rings. The van der Waals surface area contributed by atoms with E-state index in [0.29, 0.717) is 18.7 Å². The van der Waals surface area contributed by atoms with Crippen molar-refractivity contribution >= 4 is 16.7 Å². The van der Waals surface area contributed by atoms with Gasteiger partial charge in [0.25, 0.3) is 0 Å². The van der Waals surface area contributed by atoms with Gasteiger partial charge in [0.15, 0.2) is 0 Å². The van der Waals surface area contributed by atoms with Crippen LogP contribution in [0.15, 0.2) is 23.0 Å². The minimum absolute atomic E-state index is 0.194. The maximum atomic E-state index is 12.5. The first-order valence-corrected chi connectivity index (χ1v) is 7.08. The summed E-state index contributed by atoms with van der Waals surface area (Å²) >= 11 is 0. The van der Waals surface area contributed by atoms with Gasteiger partial charge in [0.1, 0.15) is 0 Å². The molecule has 0 saturated carbocycles. The highest BCUT2D eigenvalue weighted by Crippen LogP contribution is 2.19. The Labute approximate surface area is 123 Å². The molecular weight excluding hydrogens is 270 g/mol. The molecule has 116 valence electrons. The monoisotopic (exact) mass is 293 g/mol. The van der Waals surface area contributed by atoms with E-state index in [-0.39, 0.29) is 12.2 Å². The second-order valence-corrected chi connectivity index (χ2v) is 6.20. The number of benzene rings is 1. The number of hydrogen-bond acceptors (Lipinski definition) is 4. The Kier molecular flexibility index (Phi) is 4.11. The number of imidazole rings is 1. The lowest BCUT2D eigenvalue weighted by atomic mass is 10.1. The van der Waals surface area contributed by atoms with Gasteiger partial charge >= 0.3 is 5.69 Å². The number of anilines is 1. The van der Waals surface area contributed by atoms with E-state index in [1.807, 2.05) is 0 Å².